The quantitative estimate of drug-likeness (QED) is 0.580. The van der Waals surface area contributed by atoms with Crippen LogP contribution in [-0.4, -0.2) is 16.6 Å². The summed E-state index contributed by atoms with van der Waals surface area (Å²) in [6.45, 7) is 1.95. The van der Waals surface area contributed by atoms with Gasteiger partial charge in [0.1, 0.15) is 5.76 Å². The predicted octanol–water partition coefficient (Wildman–Crippen LogP) is 3.35. The lowest BCUT2D eigenvalue weighted by Crippen LogP contribution is -2.23. The van der Waals surface area contributed by atoms with E-state index in [0.29, 0.717) is 24.9 Å². The van der Waals surface area contributed by atoms with Crippen molar-refractivity contribution in [2.75, 3.05) is 5.73 Å². The fourth-order valence-electron chi connectivity index (χ4n) is 2.62. The number of hydrogen-bond acceptors (Lipinski definition) is 4. The zero-order valence-corrected chi connectivity index (χ0v) is 11.6. The number of anilines is 1. The average Bonchev–Trinajstić information content (AvgIpc) is 2.39. The molecule has 0 fully saturated rings. The minimum absolute atomic E-state index is 0.0266. The molecule has 0 radical (unpaired) electrons. The number of hydrogen-bond donors (Lipinski definition) is 3. The highest BCUT2D eigenvalue weighted by molar-refractivity contribution is 6.22. The van der Waals surface area contributed by atoms with E-state index in [4.69, 9.17) is 11.1 Å². The Morgan fingerprint density at radius 1 is 1.35 bits per heavy atom. The Hall–Kier alpha value is -2.10. The fraction of sp³-hybridized carbons (Fsp3) is 0.375. The van der Waals surface area contributed by atoms with Gasteiger partial charge in [0.2, 0.25) is 0 Å². The van der Waals surface area contributed by atoms with E-state index >= 15 is 0 Å². The van der Waals surface area contributed by atoms with Gasteiger partial charge in [-0.15, -0.1) is 0 Å². The van der Waals surface area contributed by atoms with E-state index in [9.17, 15) is 9.90 Å². The minimum Gasteiger partial charge on any atom is -0.511 e. The van der Waals surface area contributed by atoms with Gasteiger partial charge in [0.05, 0.1) is 5.57 Å². The van der Waals surface area contributed by atoms with Gasteiger partial charge in [0.15, 0.2) is 5.78 Å². The molecule has 4 nitrogen and oxygen atoms in total. The number of Topliss-reactive ketones (excluding diaryl/α,β-unsaturated/α-hetero) is 1. The Kier molecular flexibility index (Phi) is 4.23. The lowest BCUT2D eigenvalue weighted by Gasteiger charge is -2.24. The first-order valence-electron chi connectivity index (χ1n) is 6.91. The number of aliphatic hydroxyl groups excluding tert-OH is 1. The summed E-state index contributed by atoms with van der Waals surface area (Å²) < 4.78 is 0. The number of aliphatic hydroxyl groups is 1. The van der Waals surface area contributed by atoms with Crippen LogP contribution < -0.4 is 5.73 Å². The second-order valence-corrected chi connectivity index (χ2v) is 5.25. The monoisotopic (exact) mass is 272 g/mol. The number of benzene rings is 1. The van der Waals surface area contributed by atoms with Crippen molar-refractivity contribution >= 4 is 17.2 Å². The molecule has 0 saturated heterocycles. The number of nitrogens with one attached hydrogen (secondary N) is 1. The Morgan fingerprint density at radius 2 is 2.00 bits per heavy atom. The van der Waals surface area contributed by atoms with Crippen molar-refractivity contribution in [1.29, 1.82) is 5.41 Å². The Morgan fingerprint density at radius 3 is 2.55 bits per heavy atom. The van der Waals surface area contributed by atoms with Gasteiger partial charge in [-0.3, -0.25) is 4.79 Å². The molecule has 0 aromatic heterocycles. The van der Waals surface area contributed by atoms with Crippen molar-refractivity contribution in [1.82, 2.24) is 0 Å². The van der Waals surface area contributed by atoms with Crippen LogP contribution in [0.3, 0.4) is 0 Å². The summed E-state index contributed by atoms with van der Waals surface area (Å²) in [5, 5.41) is 18.0. The highest BCUT2D eigenvalue weighted by atomic mass is 16.3. The van der Waals surface area contributed by atoms with E-state index in [1.165, 1.54) is 0 Å². The van der Waals surface area contributed by atoms with Crippen LogP contribution in [0, 0.1) is 5.41 Å². The van der Waals surface area contributed by atoms with E-state index in [1.54, 1.807) is 12.1 Å². The van der Waals surface area contributed by atoms with Gasteiger partial charge in [-0.2, -0.15) is 0 Å². The van der Waals surface area contributed by atoms with Gasteiger partial charge in [-0.05, 0) is 30.0 Å². The summed E-state index contributed by atoms with van der Waals surface area (Å²) >= 11 is 0. The third-order valence-corrected chi connectivity index (χ3v) is 3.65. The smallest absolute Gasteiger partial charge is 0.168 e. The fourth-order valence-corrected chi connectivity index (χ4v) is 2.62. The number of ketones is 1. The summed E-state index contributed by atoms with van der Waals surface area (Å²) in [7, 11) is 0. The zero-order valence-electron chi connectivity index (χ0n) is 11.6. The highest BCUT2D eigenvalue weighted by Crippen LogP contribution is 2.34. The number of nitrogens with two attached hydrogens (primary N) is 1. The van der Waals surface area contributed by atoms with Gasteiger partial charge in [-0.1, -0.05) is 25.5 Å². The minimum atomic E-state index is -0.131. The van der Waals surface area contributed by atoms with Gasteiger partial charge < -0.3 is 16.2 Å². The normalized spacial score (nSPS) is 19.2. The Balaban J connectivity index is 2.23. The summed E-state index contributed by atoms with van der Waals surface area (Å²) in [6.07, 6.45) is 2.08. The van der Waals surface area contributed by atoms with E-state index in [0.717, 1.165) is 12.0 Å². The standard InChI is InChI=1S/C16H20N2O2/c1-2-3-13(18)16-14(19)8-11(9-15(16)20)10-4-6-12(17)7-5-10/h4-7,11,18-19H,2-3,8-9,17H2,1H3. The van der Waals surface area contributed by atoms with Gasteiger partial charge >= 0.3 is 0 Å². The van der Waals surface area contributed by atoms with Crippen molar-refractivity contribution < 1.29 is 9.90 Å². The van der Waals surface area contributed by atoms with Crippen molar-refractivity contribution in [2.45, 2.75) is 38.5 Å². The third kappa shape index (κ3) is 2.90. The molecule has 0 heterocycles. The number of carbonyl (C=O) groups is 1. The predicted molar refractivity (Wildman–Crippen MR) is 80.1 cm³/mol. The molecule has 0 amide bonds. The number of rotatable bonds is 4. The molecule has 4 heteroatoms. The largest absolute Gasteiger partial charge is 0.511 e. The first-order valence-corrected chi connectivity index (χ1v) is 6.91. The molecule has 1 aliphatic rings. The van der Waals surface area contributed by atoms with Crippen LogP contribution in [0.2, 0.25) is 0 Å². The molecule has 1 aromatic carbocycles. The molecule has 106 valence electrons. The van der Waals surface area contributed by atoms with Gasteiger partial charge in [0, 0.05) is 24.2 Å². The summed E-state index contributed by atoms with van der Waals surface area (Å²) in [5.41, 5.74) is 7.82. The molecule has 1 aromatic rings. The average molecular weight is 272 g/mol. The molecule has 0 aliphatic heterocycles. The van der Waals surface area contributed by atoms with E-state index in [2.05, 4.69) is 0 Å². The van der Waals surface area contributed by atoms with E-state index in [1.807, 2.05) is 19.1 Å². The third-order valence-electron chi connectivity index (χ3n) is 3.65. The molecular formula is C16H20N2O2. The van der Waals surface area contributed by atoms with Gasteiger partial charge in [0.25, 0.3) is 0 Å². The zero-order chi connectivity index (χ0) is 14.7. The summed E-state index contributed by atoms with van der Waals surface area (Å²) in [6, 6.07) is 7.39. The molecule has 1 atom stereocenters. The molecular weight excluding hydrogens is 252 g/mol. The topological polar surface area (TPSA) is 87.2 Å². The SMILES string of the molecule is CCCC(=N)C1=C(O)CC(c2ccc(N)cc2)CC1=O. The molecule has 0 spiro atoms. The maximum absolute atomic E-state index is 12.2. The summed E-state index contributed by atoms with van der Waals surface area (Å²) in [5.74, 6) is -0.100. The van der Waals surface area contributed by atoms with Crippen LogP contribution in [0.5, 0.6) is 0 Å². The second-order valence-electron chi connectivity index (χ2n) is 5.25. The molecule has 1 unspecified atom stereocenters. The molecule has 20 heavy (non-hydrogen) atoms. The van der Waals surface area contributed by atoms with E-state index < -0.39 is 0 Å². The molecule has 4 N–H and O–H groups in total. The van der Waals surface area contributed by atoms with Crippen molar-refractivity contribution in [3.05, 3.63) is 41.2 Å². The Bertz CT molecular complexity index is 558. The molecule has 1 aliphatic carbocycles. The lowest BCUT2D eigenvalue weighted by atomic mass is 9.81. The van der Waals surface area contributed by atoms with E-state index in [-0.39, 0.29) is 28.7 Å². The van der Waals surface area contributed by atoms with Crippen LogP contribution >= 0.6 is 0 Å². The summed E-state index contributed by atoms with van der Waals surface area (Å²) in [4.78, 5) is 12.2. The van der Waals surface area contributed by atoms with Gasteiger partial charge in [-0.25, -0.2) is 0 Å². The first kappa shape index (κ1) is 14.3. The Labute approximate surface area is 118 Å². The molecule has 0 saturated carbocycles. The number of carbonyl (C=O) groups excluding carboxylic acids is 1. The highest BCUT2D eigenvalue weighted by Gasteiger charge is 2.30. The van der Waals surface area contributed by atoms with Crippen LogP contribution in [0.4, 0.5) is 5.69 Å². The molecule has 0 bridgehead atoms. The second kappa shape index (κ2) is 5.90. The maximum atomic E-state index is 12.2. The van der Waals surface area contributed by atoms with Crippen molar-refractivity contribution in [2.24, 2.45) is 0 Å². The number of allylic oxidation sites excluding steroid dienone is 2. The first-order chi connectivity index (χ1) is 9.52. The van der Waals surface area contributed by atoms with Crippen LogP contribution in [0.15, 0.2) is 35.6 Å². The van der Waals surface area contributed by atoms with Crippen LogP contribution in [-0.2, 0) is 4.79 Å². The molecule has 2 rings (SSSR count). The lowest BCUT2D eigenvalue weighted by molar-refractivity contribution is -0.116. The van der Waals surface area contributed by atoms with Crippen LogP contribution in [0.25, 0.3) is 0 Å². The van der Waals surface area contributed by atoms with Crippen molar-refractivity contribution in [3.63, 3.8) is 0 Å². The van der Waals surface area contributed by atoms with Crippen LogP contribution in [0.1, 0.15) is 44.1 Å². The maximum Gasteiger partial charge on any atom is 0.168 e. The van der Waals surface area contributed by atoms with Crippen molar-refractivity contribution in [3.8, 4) is 0 Å². The number of nitrogen functional groups attached to an aromatic ring is 1.